The van der Waals surface area contributed by atoms with Gasteiger partial charge in [0.05, 0.1) is 10.0 Å². The molecule has 2 nitrogen and oxygen atoms in total. The van der Waals surface area contributed by atoms with Gasteiger partial charge < -0.3 is 5.73 Å². The van der Waals surface area contributed by atoms with Gasteiger partial charge >= 0.3 is 0 Å². The number of nitrogens with two attached hydrogens (primary N) is 1. The monoisotopic (exact) mass is 282 g/mol. The molecule has 0 aliphatic rings. The van der Waals surface area contributed by atoms with Crippen molar-refractivity contribution in [1.82, 2.24) is 4.98 Å². The fourth-order valence-electron chi connectivity index (χ4n) is 1.54. The van der Waals surface area contributed by atoms with Gasteiger partial charge in [-0.1, -0.05) is 35.5 Å². The van der Waals surface area contributed by atoms with Crippen LogP contribution in [0.1, 0.15) is 10.8 Å². The molecule has 0 aliphatic carbocycles. The summed E-state index contributed by atoms with van der Waals surface area (Å²) in [4.78, 5) is 4.20. The number of thioether (sulfide) groups is 1. The normalized spacial score (nSPS) is 12.4. The van der Waals surface area contributed by atoms with E-state index in [9.17, 15) is 4.39 Å². The van der Waals surface area contributed by atoms with E-state index in [4.69, 9.17) is 17.3 Å². The molecule has 0 spiro atoms. The van der Waals surface area contributed by atoms with Gasteiger partial charge in [-0.05, 0) is 29.8 Å². The van der Waals surface area contributed by atoms with Crippen molar-refractivity contribution in [2.45, 2.75) is 10.3 Å². The molecular formula is C13H12ClFN2S. The van der Waals surface area contributed by atoms with E-state index < -0.39 is 0 Å². The van der Waals surface area contributed by atoms with Crippen LogP contribution in [0, 0.1) is 5.82 Å². The molecule has 5 heteroatoms. The maximum Gasteiger partial charge on any atom is 0.123 e. The molecular weight excluding hydrogens is 271 g/mol. The van der Waals surface area contributed by atoms with Crippen molar-refractivity contribution < 1.29 is 4.39 Å². The van der Waals surface area contributed by atoms with Crippen LogP contribution in [0.2, 0.25) is 5.02 Å². The maximum atomic E-state index is 13.2. The lowest BCUT2D eigenvalue weighted by atomic mass is 10.1. The summed E-state index contributed by atoms with van der Waals surface area (Å²) in [5, 5.41) is 1.39. The summed E-state index contributed by atoms with van der Waals surface area (Å²) < 4.78 is 13.2. The second kappa shape index (κ2) is 6.18. The van der Waals surface area contributed by atoms with E-state index in [1.807, 2.05) is 12.1 Å². The molecule has 0 amide bonds. The van der Waals surface area contributed by atoms with Crippen molar-refractivity contribution in [2.75, 3.05) is 6.54 Å². The summed E-state index contributed by atoms with van der Waals surface area (Å²) in [6, 6.07) is 10.1. The van der Waals surface area contributed by atoms with Crippen molar-refractivity contribution >= 4 is 23.4 Å². The molecule has 0 aliphatic heterocycles. The third-order valence-electron chi connectivity index (χ3n) is 2.40. The van der Waals surface area contributed by atoms with E-state index in [0.717, 1.165) is 10.6 Å². The Balaban J connectivity index is 2.17. The molecule has 94 valence electrons. The second-order valence-electron chi connectivity index (χ2n) is 3.71. The van der Waals surface area contributed by atoms with Crippen molar-refractivity contribution in [3.8, 4) is 0 Å². The predicted octanol–water partition coefficient (Wildman–Crippen LogP) is 3.67. The summed E-state index contributed by atoms with van der Waals surface area (Å²) in [6.45, 7) is 0.415. The van der Waals surface area contributed by atoms with Gasteiger partial charge in [0.15, 0.2) is 0 Å². The average Bonchev–Trinajstić information content (AvgIpc) is 2.38. The van der Waals surface area contributed by atoms with Crippen molar-refractivity contribution in [2.24, 2.45) is 5.73 Å². The smallest absolute Gasteiger partial charge is 0.123 e. The molecule has 1 aromatic heterocycles. The lowest BCUT2D eigenvalue weighted by Crippen LogP contribution is -2.09. The van der Waals surface area contributed by atoms with Crippen LogP contribution in [0.5, 0.6) is 0 Å². The molecule has 0 fully saturated rings. The number of halogens is 2. The molecule has 1 aromatic carbocycles. The lowest BCUT2D eigenvalue weighted by molar-refractivity contribution is 0.625. The Hall–Kier alpha value is -1.10. The minimum absolute atomic E-state index is 0.0191. The van der Waals surface area contributed by atoms with E-state index in [2.05, 4.69) is 4.98 Å². The first kappa shape index (κ1) is 13.3. The molecule has 1 unspecified atom stereocenters. The van der Waals surface area contributed by atoms with Crippen LogP contribution >= 0.6 is 23.4 Å². The highest BCUT2D eigenvalue weighted by atomic mass is 35.5. The Kier molecular flexibility index (Phi) is 4.58. The molecule has 2 N–H and O–H groups in total. The van der Waals surface area contributed by atoms with Crippen LogP contribution in [-0.2, 0) is 0 Å². The number of hydrogen-bond donors (Lipinski definition) is 1. The van der Waals surface area contributed by atoms with Gasteiger partial charge in [-0.3, -0.25) is 0 Å². The van der Waals surface area contributed by atoms with Crippen molar-refractivity contribution in [3.05, 3.63) is 59.0 Å². The van der Waals surface area contributed by atoms with Crippen molar-refractivity contribution in [3.63, 3.8) is 0 Å². The van der Waals surface area contributed by atoms with Gasteiger partial charge in [0, 0.05) is 18.0 Å². The van der Waals surface area contributed by atoms with Gasteiger partial charge in [0.25, 0.3) is 0 Å². The summed E-state index contributed by atoms with van der Waals surface area (Å²) in [6.07, 6.45) is 1.59. The molecule has 2 aromatic rings. The third kappa shape index (κ3) is 3.45. The Bertz CT molecular complexity index is 519. The molecule has 1 heterocycles. The molecule has 2 rings (SSSR count). The van der Waals surface area contributed by atoms with Crippen LogP contribution in [0.3, 0.4) is 0 Å². The molecule has 18 heavy (non-hydrogen) atoms. The minimum atomic E-state index is -0.254. The number of nitrogens with zero attached hydrogens (tertiary/aromatic N) is 1. The lowest BCUT2D eigenvalue weighted by Gasteiger charge is -2.14. The van der Waals surface area contributed by atoms with E-state index in [-0.39, 0.29) is 11.1 Å². The summed E-state index contributed by atoms with van der Waals surface area (Å²) >= 11 is 7.27. The van der Waals surface area contributed by atoms with Crippen LogP contribution < -0.4 is 5.73 Å². The van der Waals surface area contributed by atoms with E-state index in [1.54, 1.807) is 18.3 Å². The average molecular weight is 283 g/mol. The largest absolute Gasteiger partial charge is 0.329 e. The quantitative estimate of drug-likeness (QED) is 0.870. The van der Waals surface area contributed by atoms with Crippen LogP contribution in [0.25, 0.3) is 0 Å². The van der Waals surface area contributed by atoms with Gasteiger partial charge in [0.1, 0.15) is 5.82 Å². The SMILES string of the molecule is NCC(Sc1ccc(Cl)cn1)c1cccc(F)c1. The van der Waals surface area contributed by atoms with Gasteiger partial charge in [0.2, 0.25) is 0 Å². The Labute approximate surface area is 114 Å². The van der Waals surface area contributed by atoms with Gasteiger partial charge in [-0.15, -0.1) is 0 Å². The van der Waals surface area contributed by atoms with Gasteiger partial charge in [-0.2, -0.15) is 0 Å². The molecule has 0 bridgehead atoms. The second-order valence-corrected chi connectivity index (χ2v) is 5.37. The Morgan fingerprint density at radius 2 is 2.17 bits per heavy atom. The number of hydrogen-bond acceptors (Lipinski definition) is 3. The van der Waals surface area contributed by atoms with E-state index in [1.165, 1.54) is 23.9 Å². The van der Waals surface area contributed by atoms with Crippen LogP contribution in [0.15, 0.2) is 47.6 Å². The number of aromatic nitrogens is 1. The number of rotatable bonds is 4. The predicted molar refractivity (Wildman–Crippen MR) is 73.3 cm³/mol. The standard InChI is InChI=1S/C13H12ClFN2S/c14-10-4-5-13(17-8-10)18-12(7-16)9-2-1-3-11(15)6-9/h1-6,8,12H,7,16H2. The summed E-state index contributed by atoms with van der Waals surface area (Å²) in [7, 11) is 0. The fraction of sp³-hybridized carbons (Fsp3) is 0.154. The third-order valence-corrected chi connectivity index (χ3v) is 3.85. The first-order chi connectivity index (χ1) is 8.69. The number of benzene rings is 1. The highest BCUT2D eigenvalue weighted by molar-refractivity contribution is 7.99. The molecule has 0 saturated carbocycles. The summed E-state index contributed by atoms with van der Waals surface area (Å²) in [5.74, 6) is -0.254. The minimum Gasteiger partial charge on any atom is -0.329 e. The highest BCUT2D eigenvalue weighted by Gasteiger charge is 2.12. The molecule has 0 radical (unpaired) electrons. The zero-order valence-corrected chi connectivity index (χ0v) is 11.1. The maximum absolute atomic E-state index is 13.2. The molecule has 0 saturated heterocycles. The Morgan fingerprint density at radius 1 is 1.33 bits per heavy atom. The van der Waals surface area contributed by atoms with E-state index >= 15 is 0 Å². The Morgan fingerprint density at radius 3 is 2.78 bits per heavy atom. The zero-order chi connectivity index (χ0) is 13.0. The first-order valence-corrected chi connectivity index (χ1v) is 6.68. The molecule has 1 atom stereocenters. The van der Waals surface area contributed by atoms with E-state index in [0.29, 0.717) is 11.6 Å². The zero-order valence-electron chi connectivity index (χ0n) is 9.51. The van der Waals surface area contributed by atoms with Gasteiger partial charge in [-0.25, -0.2) is 9.37 Å². The van der Waals surface area contributed by atoms with Crippen LogP contribution in [-0.4, -0.2) is 11.5 Å². The summed E-state index contributed by atoms with van der Waals surface area (Å²) in [5.41, 5.74) is 6.60. The first-order valence-electron chi connectivity index (χ1n) is 5.43. The fourth-order valence-corrected chi connectivity index (χ4v) is 2.58. The number of pyridine rings is 1. The van der Waals surface area contributed by atoms with Crippen molar-refractivity contribution in [1.29, 1.82) is 0 Å². The highest BCUT2D eigenvalue weighted by Crippen LogP contribution is 2.33. The topological polar surface area (TPSA) is 38.9 Å². The van der Waals surface area contributed by atoms with Crippen LogP contribution in [0.4, 0.5) is 4.39 Å².